The molecule has 30 heavy (non-hydrogen) atoms. The molecule has 0 saturated carbocycles. The number of phenols is 1. The SMILES string of the molecule is CCCc1cc(=O)oc2cc(C)c(C3=NN[C@H](c4ccc(N(C)C)cc4)C3)c(O)c12. The van der Waals surface area contributed by atoms with Gasteiger partial charge in [-0.3, -0.25) is 0 Å². The maximum absolute atomic E-state index is 11.9. The van der Waals surface area contributed by atoms with Crippen molar-refractivity contribution < 1.29 is 9.52 Å². The van der Waals surface area contributed by atoms with Crippen LogP contribution in [0.1, 0.15) is 48.1 Å². The molecule has 0 amide bonds. The third-order valence-electron chi connectivity index (χ3n) is 5.66. The highest BCUT2D eigenvalue weighted by molar-refractivity contribution is 6.09. The maximum Gasteiger partial charge on any atom is 0.336 e. The molecular formula is C24H27N3O3. The highest BCUT2D eigenvalue weighted by Crippen LogP contribution is 2.37. The summed E-state index contributed by atoms with van der Waals surface area (Å²) in [5.74, 6) is 0.140. The monoisotopic (exact) mass is 405 g/mol. The molecule has 1 atom stereocenters. The Morgan fingerprint density at radius 2 is 1.97 bits per heavy atom. The molecule has 1 aliphatic rings. The van der Waals surface area contributed by atoms with Crippen molar-refractivity contribution in [2.75, 3.05) is 19.0 Å². The maximum atomic E-state index is 11.9. The molecule has 3 aromatic rings. The number of aryl methyl sites for hydroxylation is 2. The summed E-state index contributed by atoms with van der Waals surface area (Å²) in [5, 5.41) is 16.3. The average Bonchev–Trinajstić information content (AvgIpc) is 3.17. The Labute approximate surface area is 175 Å². The Balaban J connectivity index is 1.70. The normalized spacial score (nSPS) is 15.9. The Morgan fingerprint density at radius 1 is 1.23 bits per heavy atom. The largest absolute Gasteiger partial charge is 0.506 e. The molecule has 0 saturated heterocycles. The van der Waals surface area contributed by atoms with Crippen molar-refractivity contribution in [3.8, 4) is 5.75 Å². The molecule has 1 aliphatic heterocycles. The first-order valence-corrected chi connectivity index (χ1v) is 10.3. The van der Waals surface area contributed by atoms with Crippen LogP contribution in [-0.4, -0.2) is 24.9 Å². The van der Waals surface area contributed by atoms with Gasteiger partial charge in [-0.2, -0.15) is 5.10 Å². The van der Waals surface area contributed by atoms with Crippen LogP contribution in [-0.2, 0) is 6.42 Å². The Bertz CT molecular complexity index is 1180. The highest BCUT2D eigenvalue weighted by Gasteiger charge is 2.26. The van der Waals surface area contributed by atoms with Gasteiger partial charge in [-0.15, -0.1) is 0 Å². The molecule has 0 bridgehead atoms. The van der Waals surface area contributed by atoms with Gasteiger partial charge >= 0.3 is 5.63 Å². The van der Waals surface area contributed by atoms with Crippen molar-refractivity contribution in [1.29, 1.82) is 0 Å². The standard InChI is InChI=1S/C24H27N3O3/c1-5-6-16-12-21(28)30-20-11-14(2)22(24(29)23(16)20)19-13-18(25-26-19)15-7-9-17(10-8-15)27(3)4/h7-12,18,25,29H,5-6,13H2,1-4H3/t18-/m0/s1. The highest BCUT2D eigenvalue weighted by atomic mass is 16.4. The lowest BCUT2D eigenvalue weighted by atomic mass is 9.92. The number of benzene rings is 2. The summed E-state index contributed by atoms with van der Waals surface area (Å²) in [7, 11) is 4.04. The summed E-state index contributed by atoms with van der Waals surface area (Å²) in [4.78, 5) is 14.0. The van der Waals surface area contributed by atoms with E-state index in [0.717, 1.165) is 34.5 Å². The third-order valence-corrected chi connectivity index (χ3v) is 5.66. The van der Waals surface area contributed by atoms with Crippen LogP contribution in [0.3, 0.4) is 0 Å². The van der Waals surface area contributed by atoms with E-state index < -0.39 is 5.63 Å². The number of anilines is 1. The lowest BCUT2D eigenvalue weighted by Gasteiger charge is -2.16. The molecule has 0 radical (unpaired) electrons. The van der Waals surface area contributed by atoms with E-state index in [1.165, 1.54) is 6.07 Å². The first-order chi connectivity index (χ1) is 14.4. The quantitative estimate of drug-likeness (QED) is 0.620. The van der Waals surface area contributed by atoms with Crippen molar-refractivity contribution in [2.45, 2.75) is 39.2 Å². The van der Waals surface area contributed by atoms with E-state index in [-0.39, 0.29) is 11.8 Å². The third kappa shape index (κ3) is 3.54. The molecule has 0 aliphatic carbocycles. The fraction of sp³-hybridized carbons (Fsp3) is 0.333. The topological polar surface area (TPSA) is 78.1 Å². The van der Waals surface area contributed by atoms with Crippen LogP contribution in [0.4, 0.5) is 5.69 Å². The first-order valence-electron chi connectivity index (χ1n) is 10.3. The van der Waals surface area contributed by atoms with E-state index >= 15 is 0 Å². The Kier molecular flexibility index (Phi) is 5.24. The molecule has 4 rings (SSSR count). The van der Waals surface area contributed by atoms with E-state index in [2.05, 4.69) is 39.7 Å². The Hall–Kier alpha value is -3.28. The van der Waals surface area contributed by atoms with Crippen LogP contribution in [0.2, 0.25) is 0 Å². The molecule has 6 heteroatoms. The van der Waals surface area contributed by atoms with Gasteiger partial charge in [0.25, 0.3) is 0 Å². The van der Waals surface area contributed by atoms with Crippen molar-refractivity contribution in [2.24, 2.45) is 5.10 Å². The van der Waals surface area contributed by atoms with Crippen LogP contribution < -0.4 is 16.0 Å². The summed E-state index contributed by atoms with van der Waals surface area (Å²) in [6.45, 7) is 3.95. The predicted molar refractivity (Wildman–Crippen MR) is 121 cm³/mol. The second kappa shape index (κ2) is 7.86. The molecular weight excluding hydrogens is 378 g/mol. The molecule has 1 aromatic heterocycles. The minimum absolute atomic E-state index is 0.0505. The van der Waals surface area contributed by atoms with E-state index in [4.69, 9.17) is 4.42 Å². The summed E-state index contributed by atoms with van der Waals surface area (Å²) in [5.41, 5.74) is 8.71. The van der Waals surface area contributed by atoms with Crippen molar-refractivity contribution in [3.63, 3.8) is 0 Å². The van der Waals surface area contributed by atoms with Crippen molar-refractivity contribution in [3.05, 3.63) is 69.1 Å². The molecule has 0 unspecified atom stereocenters. The summed E-state index contributed by atoms with van der Waals surface area (Å²) < 4.78 is 5.37. The molecule has 0 fully saturated rings. The number of rotatable bonds is 5. The van der Waals surface area contributed by atoms with Crippen LogP contribution in [0, 0.1) is 6.92 Å². The van der Waals surface area contributed by atoms with Crippen molar-refractivity contribution >= 4 is 22.4 Å². The second-order valence-corrected chi connectivity index (χ2v) is 8.06. The van der Waals surface area contributed by atoms with Gasteiger partial charge in [0, 0.05) is 37.8 Å². The number of hydrogen-bond acceptors (Lipinski definition) is 6. The van der Waals surface area contributed by atoms with E-state index in [1.54, 1.807) is 0 Å². The number of fused-ring (bicyclic) bond motifs is 1. The number of phenolic OH excluding ortho intramolecular Hbond substituents is 1. The van der Waals surface area contributed by atoms with E-state index in [0.29, 0.717) is 29.4 Å². The lowest BCUT2D eigenvalue weighted by molar-refractivity contribution is 0.476. The predicted octanol–water partition coefficient (Wildman–Crippen LogP) is 4.26. The number of nitrogens with one attached hydrogen (secondary N) is 1. The smallest absolute Gasteiger partial charge is 0.336 e. The van der Waals surface area contributed by atoms with Gasteiger partial charge in [0.2, 0.25) is 0 Å². The molecule has 156 valence electrons. The summed E-state index contributed by atoms with van der Waals surface area (Å²) >= 11 is 0. The summed E-state index contributed by atoms with van der Waals surface area (Å²) in [6, 6.07) is 11.7. The van der Waals surface area contributed by atoms with E-state index in [1.807, 2.05) is 34.0 Å². The fourth-order valence-corrected chi connectivity index (χ4v) is 4.14. The minimum atomic E-state index is -0.390. The van der Waals surface area contributed by atoms with Gasteiger partial charge in [-0.05, 0) is 48.2 Å². The van der Waals surface area contributed by atoms with Crippen molar-refractivity contribution in [1.82, 2.24) is 5.43 Å². The minimum Gasteiger partial charge on any atom is -0.506 e. The molecule has 2 heterocycles. The van der Waals surface area contributed by atoms with Gasteiger partial charge in [-0.25, -0.2) is 4.79 Å². The summed E-state index contributed by atoms with van der Waals surface area (Å²) in [6.07, 6.45) is 2.24. The Morgan fingerprint density at radius 3 is 2.63 bits per heavy atom. The number of hydrazone groups is 1. The molecule has 2 aromatic carbocycles. The number of nitrogens with zero attached hydrogens (tertiary/aromatic N) is 2. The second-order valence-electron chi connectivity index (χ2n) is 8.06. The van der Waals surface area contributed by atoms with Crippen LogP contribution >= 0.6 is 0 Å². The van der Waals surface area contributed by atoms with Gasteiger partial charge < -0.3 is 19.8 Å². The van der Waals surface area contributed by atoms with Gasteiger partial charge in [0.1, 0.15) is 11.3 Å². The first kappa shape index (κ1) is 20.0. The molecule has 2 N–H and O–H groups in total. The zero-order valence-electron chi connectivity index (χ0n) is 17.8. The van der Waals surface area contributed by atoms with Gasteiger partial charge in [-0.1, -0.05) is 25.5 Å². The van der Waals surface area contributed by atoms with Gasteiger partial charge in [0.15, 0.2) is 0 Å². The van der Waals surface area contributed by atoms with Crippen LogP contribution in [0.5, 0.6) is 5.75 Å². The lowest BCUT2D eigenvalue weighted by Crippen LogP contribution is -2.12. The average molecular weight is 405 g/mol. The van der Waals surface area contributed by atoms with Gasteiger partial charge in [0.05, 0.1) is 17.1 Å². The van der Waals surface area contributed by atoms with Crippen LogP contribution in [0.25, 0.3) is 11.0 Å². The van der Waals surface area contributed by atoms with Crippen LogP contribution in [0.15, 0.2) is 50.7 Å². The molecule has 6 nitrogen and oxygen atoms in total. The number of aromatic hydroxyl groups is 1. The zero-order valence-corrected chi connectivity index (χ0v) is 17.8. The molecule has 0 spiro atoms. The zero-order chi connectivity index (χ0) is 21.4. The fourth-order valence-electron chi connectivity index (χ4n) is 4.14. The van der Waals surface area contributed by atoms with E-state index in [9.17, 15) is 9.90 Å². The number of hydrogen-bond donors (Lipinski definition) is 2.